The number of carbonyl (C=O) groups excluding carboxylic acids is 2. The Morgan fingerprint density at radius 2 is 1.22 bits per heavy atom. The second kappa shape index (κ2) is 27.6. The van der Waals surface area contributed by atoms with Gasteiger partial charge in [-0.05, 0) is 19.3 Å². The van der Waals surface area contributed by atoms with E-state index in [0.29, 0.717) is 19.3 Å². The highest BCUT2D eigenvalue weighted by atomic mass is 16.8. The van der Waals surface area contributed by atoms with Crippen LogP contribution in [0.2, 0.25) is 0 Å². The smallest absolute Gasteiger partial charge is 0.332 e. The van der Waals surface area contributed by atoms with Gasteiger partial charge in [-0.1, -0.05) is 96.8 Å². The van der Waals surface area contributed by atoms with E-state index < -0.39 is 105 Å². The van der Waals surface area contributed by atoms with Crippen molar-refractivity contribution in [2.24, 2.45) is 0 Å². The van der Waals surface area contributed by atoms with Gasteiger partial charge >= 0.3 is 17.9 Å². The lowest BCUT2D eigenvalue weighted by Gasteiger charge is -2.46. The van der Waals surface area contributed by atoms with Crippen LogP contribution >= 0.6 is 0 Å². The van der Waals surface area contributed by atoms with Crippen molar-refractivity contribution in [2.75, 3.05) is 19.8 Å². The molecule has 0 saturated carbocycles. The fraction of sp³-hybridized carbons (Fsp3) is 0.921. The summed E-state index contributed by atoms with van der Waals surface area (Å²) in [5, 5.41) is 81.8. The summed E-state index contributed by atoms with van der Waals surface area (Å²) in [6, 6.07) is 0. The Kier molecular flexibility index (Phi) is 24.6. The molecule has 0 aromatic carbocycles. The minimum absolute atomic E-state index is 0.0297. The Balaban J connectivity index is 1.87. The van der Waals surface area contributed by atoms with Gasteiger partial charge in [0.1, 0.15) is 49.3 Å². The van der Waals surface area contributed by atoms with Crippen LogP contribution in [0.1, 0.15) is 129 Å². The maximum Gasteiger partial charge on any atom is 0.332 e. The third kappa shape index (κ3) is 18.4. The molecule has 0 aromatic heterocycles. The molecule has 2 fully saturated rings. The number of carboxylic acid groups (broad SMARTS) is 1. The number of aliphatic carboxylic acids is 1. The van der Waals surface area contributed by atoms with Crippen LogP contribution in [0.4, 0.5) is 0 Å². The van der Waals surface area contributed by atoms with Crippen molar-refractivity contribution in [3.8, 4) is 0 Å². The summed E-state index contributed by atoms with van der Waals surface area (Å²) in [5.74, 6) is -2.55. The number of unbranched alkanes of at least 4 members (excludes halogenated alkanes) is 13. The molecular weight excluding hydrogens is 728 g/mol. The van der Waals surface area contributed by atoms with E-state index in [0.717, 1.165) is 90.4 Å². The van der Waals surface area contributed by atoms with Crippen molar-refractivity contribution < 1.29 is 83.7 Å². The third-order valence-corrected chi connectivity index (χ3v) is 9.96. The topological polar surface area (TPSA) is 268 Å². The number of esters is 2. The van der Waals surface area contributed by atoms with Crippen molar-refractivity contribution in [2.45, 2.75) is 203 Å². The number of hydrogen-bond acceptors (Lipinski definition) is 16. The number of ether oxygens (including phenoxy) is 6. The number of rotatable bonds is 29. The van der Waals surface area contributed by atoms with Crippen molar-refractivity contribution in [1.29, 1.82) is 0 Å². The number of aliphatic hydroxyl groups excluding tert-OH is 7. The highest BCUT2D eigenvalue weighted by Gasteiger charge is 2.52. The Morgan fingerprint density at radius 3 is 1.80 bits per heavy atom. The minimum Gasteiger partial charge on any atom is -0.479 e. The molecule has 2 rings (SSSR count). The van der Waals surface area contributed by atoms with Gasteiger partial charge in [0.25, 0.3) is 0 Å². The van der Waals surface area contributed by atoms with Gasteiger partial charge in [0, 0.05) is 13.3 Å². The quantitative estimate of drug-likeness (QED) is 0.0395. The molecule has 8 N–H and O–H groups in total. The molecule has 0 aliphatic carbocycles. The summed E-state index contributed by atoms with van der Waals surface area (Å²) in [7, 11) is 0. The van der Waals surface area contributed by atoms with E-state index in [1.165, 1.54) is 0 Å². The molecule has 2 aliphatic rings. The number of hydrogen-bond donors (Lipinski definition) is 8. The monoisotopic (exact) mass is 796 g/mol. The maximum absolute atomic E-state index is 12.7. The van der Waals surface area contributed by atoms with Crippen LogP contribution in [0.5, 0.6) is 0 Å². The zero-order valence-corrected chi connectivity index (χ0v) is 32.5. The van der Waals surface area contributed by atoms with Gasteiger partial charge in [0.15, 0.2) is 24.8 Å². The van der Waals surface area contributed by atoms with E-state index in [1.807, 2.05) is 0 Å². The third-order valence-electron chi connectivity index (χ3n) is 9.96. The van der Waals surface area contributed by atoms with Crippen LogP contribution in [0.15, 0.2) is 0 Å². The molecular formula is C38H68O17. The standard InChI is InChI=1S/C38H68O17/c1-3-4-5-12-17-20-29(43)54-35-31(45)30(44)27(21-39)52-38(35)55-34-28(23-50-24(2)40)53-37(33(47)32(34)46)51-22-25(41)18-15-13-10-8-6-7-9-11-14-16-19-26(42)36(48)49/h25-28,30-35,37-39,41-42,44-47H,3-23H2,1-2H3,(H,48,49). The van der Waals surface area contributed by atoms with Gasteiger partial charge in [0.2, 0.25) is 0 Å². The molecule has 0 aromatic rings. The van der Waals surface area contributed by atoms with Crippen molar-refractivity contribution in [3.63, 3.8) is 0 Å². The summed E-state index contributed by atoms with van der Waals surface area (Å²) in [6.07, 6.45) is -3.36. The average molecular weight is 797 g/mol. The van der Waals surface area contributed by atoms with Gasteiger partial charge < -0.3 is 69.3 Å². The Morgan fingerprint density at radius 1 is 0.673 bits per heavy atom. The zero-order chi connectivity index (χ0) is 40.8. The van der Waals surface area contributed by atoms with Gasteiger partial charge in [-0.2, -0.15) is 0 Å². The summed E-state index contributed by atoms with van der Waals surface area (Å²) in [5.41, 5.74) is 0. The van der Waals surface area contributed by atoms with Crippen LogP contribution in [-0.4, -0.2) is 152 Å². The van der Waals surface area contributed by atoms with E-state index >= 15 is 0 Å². The van der Waals surface area contributed by atoms with E-state index in [4.69, 9.17) is 33.5 Å². The second-order valence-corrected chi connectivity index (χ2v) is 14.7. The molecule has 0 bridgehead atoms. The predicted molar refractivity (Wildman–Crippen MR) is 194 cm³/mol. The summed E-state index contributed by atoms with van der Waals surface area (Å²) in [4.78, 5) is 35.0. The van der Waals surface area contributed by atoms with Gasteiger partial charge in [-0.15, -0.1) is 0 Å². The van der Waals surface area contributed by atoms with Crippen LogP contribution in [0.3, 0.4) is 0 Å². The van der Waals surface area contributed by atoms with E-state index in [9.17, 15) is 50.1 Å². The lowest BCUT2D eigenvalue weighted by atomic mass is 9.96. The van der Waals surface area contributed by atoms with Gasteiger partial charge in [-0.3, -0.25) is 9.59 Å². The molecule has 2 aliphatic heterocycles. The molecule has 2 heterocycles. The van der Waals surface area contributed by atoms with Crippen molar-refractivity contribution >= 4 is 17.9 Å². The van der Waals surface area contributed by atoms with Gasteiger partial charge in [0.05, 0.1) is 19.3 Å². The maximum atomic E-state index is 12.7. The van der Waals surface area contributed by atoms with E-state index in [1.54, 1.807) is 0 Å². The average Bonchev–Trinajstić information content (AvgIpc) is 3.15. The van der Waals surface area contributed by atoms with Gasteiger partial charge in [-0.25, -0.2) is 4.79 Å². The largest absolute Gasteiger partial charge is 0.479 e. The molecule has 55 heavy (non-hydrogen) atoms. The predicted octanol–water partition coefficient (Wildman–Crippen LogP) is 1.60. The Labute approximate surface area is 324 Å². The number of carboxylic acids is 1. The van der Waals surface area contributed by atoms with Crippen molar-refractivity contribution in [1.82, 2.24) is 0 Å². The highest BCUT2D eigenvalue weighted by Crippen LogP contribution is 2.31. The first kappa shape index (κ1) is 49.1. The normalized spacial score (nSPS) is 29.4. The first-order valence-corrected chi connectivity index (χ1v) is 20.1. The molecule has 12 unspecified atom stereocenters. The van der Waals surface area contributed by atoms with E-state index in [-0.39, 0.29) is 19.4 Å². The molecule has 2 saturated heterocycles. The first-order chi connectivity index (χ1) is 26.3. The molecule has 12 atom stereocenters. The molecule has 0 spiro atoms. The molecule has 0 radical (unpaired) electrons. The number of aliphatic hydroxyl groups is 7. The van der Waals surface area contributed by atoms with E-state index in [2.05, 4.69) is 6.92 Å². The lowest BCUT2D eigenvalue weighted by molar-refractivity contribution is -0.360. The SMILES string of the molecule is CCCCCCCC(=O)OC1C(OC2C(COC(C)=O)OC(OCC(O)CCCCCCCCCCCCC(O)C(=O)O)C(O)C2O)OC(CO)C(O)C1O. The van der Waals surface area contributed by atoms with Crippen LogP contribution in [-0.2, 0) is 42.8 Å². The number of carbonyl (C=O) groups is 3. The molecule has 17 heteroatoms. The second-order valence-electron chi connectivity index (χ2n) is 14.7. The molecule has 322 valence electrons. The van der Waals surface area contributed by atoms with Crippen LogP contribution in [0, 0.1) is 0 Å². The van der Waals surface area contributed by atoms with Crippen LogP contribution < -0.4 is 0 Å². The first-order valence-electron chi connectivity index (χ1n) is 20.1. The summed E-state index contributed by atoms with van der Waals surface area (Å²) < 4.78 is 33.7. The summed E-state index contributed by atoms with van der Waals surface area (Å²) in [6.45, 7) is 1.80. The molecule has 17 nitrogen and oxygen atoms in total. The van der Waals surface area contributed by atoms with Crippen molar-refractivity contribution in [3.05, 3.63) is 0 Å². The fourth-order valence-corrected chi connectivity index (χ4v) is 6.62. The lowest BCUT2D eigenvalue weighted by Crippen LogP contribution is -2.65. The molecule has 0 amide bonds. The Bertz CT molecular complexity index is 1060. The minimum atomic E-state index is -1.75. The Hall–Kier alpha value is -2.03. The van der Waals surface area contributed by atoms with Crippen LogP contribution in [0.25, 0.3) is 0 Å². The highest BCUT2D eigenvalue weighted by molar-refractivity contribution is 5.71. The summed E-state index contributed by atoms with van der Waals surface area (Å²) >= 11 is 0. The zero-order valence-electron chi connectivity index (χ0n) is 32.5. The fourth-order valence-electron chi connectivity index (χ4n) is 6.62.